The first kappa shape index (κ1) is 18.0. The third-order valence-corrected chi connectivity index (χ3v) is 4.90. The highest BCUT2D eigenvalue weighted by Gasteiger charge is 2.24. The van der Waals surface area contributed by atoms with Gasteiger partial charge in [0.25, 0.3) is 0 Å². The molecule has 0 bridgehead atoms. The van der Waals surface area contributed by atoms with Crippen molar-refractivity contribution in [2.24, 2.45) is 0 Å². The molecule has 25 heavy (non-hydrogen) atoms. The van der Waals surface area contributed by atoms with Crippen molar-refractivity contribution in [2.45, 2.75) is 44.5 Å². The van der Waals surface area contributed by atoms with Crippen molar-refractivity contribution in [1.29, 1.82) is 0 Å². The monoisotopic (exact) mass is 343 g/mol. The Hall–Kier alpha value is -1.82. The van der Waals surface area contributed by atoms with Crippen LogP contribution in [0.5, 0.6) is 0 Å². The van der Waals surface area contributed by atoms with E-state index in [9.17, 15) is 9.50 Å². The molecule has 1 saturated heterocycles. The van der Waals surface area contributed by atoms with E-state index in [1.54, 1.807) is 18.3 Å². The van der Waals surface area contributed by atoms with Crippen LogP contribution in [0.1, 0.15) is 37.0 Å². The van der Waals surface area contributed by atoms with E-state index in [0.29, 0.717) is 6.04 Å². The molecule has 0 amide bonds. The van der Waals surface area contributed by atoms with Crippen LogP contribution >= 0.6 is 0 Å². The topological polar surface area (TPSA) is 48.4 Å². The highest BCUT2D eigenvalue weighted by molar-refractivity contribution is 5.19. The van der Waals surface area contributed by atoms with Gasteiger partial charge in [-0.2, -0.15) is 0 Å². The van der Waals surface area contributed by atoms with Crippen molar-refractivity contribution in [2.75, 3.05) is 13.1 Å². The second kappa shape index (κ2) is 8.52. The first-order valence-electron chi connectivity index (χ1n) is 8.92. The minimum Gasteiger partial charge on any atom is -0.387 e. The number of pyridine rings is 1. The molecule has 134 valence electrons. The number of rotatable bonds is 6. The van der Waals surface area contributed by atoms with Gasteiger partial charge in [0.1, 0.15) is 5.82 Å². The van der Waals surface area contributed by atoms with E-state index in [1.165, 1.54) is 17.7 Å². The van der Waals surface area contributed by atoms with Gasteiger partial charge in [-0.1, -0.05) is 18.2 Å². The normalized spacial score (nSPS) is 18.8. The smallest absolute Gasteiger partial charge is 0.123 e. The summed E-state index contributed by atoms with van der Waals surface area (Å²) < 4.78 is 13.0. The molecule has 1 aliphatic rings. The number of benzene rings is 1. The van der Waals surface area contributed by atoms with Crippen molar-refractivity contribution in [1.82, 2.24) is 15.2 Å². The third-order valence-electron chi connectivity index (χ3n) is 4.90. The Bertz CT molecular complexity index is 642. The molecule has 2 aromatic rings. The molecule has 5 heteroatoms. The van der Waals surface area contributed by atoms with E-state index in [-0.39, 0.29) is 11.9 Å². The molecule has 0 saturated carbocycles. The van der Waals surface area contributed by atoms with Crippen molar-refractivity contribution in [3.63, 3.8) is 0 Å². The molecule has 2 heterocycles. The Morgan fingerprint density at radius 1 is 1.24 bits per heavy atom. The van der Waals surface area contributed by atoms with Gasteiger partial charge in [0.05, 0.1) is 6.10 Å². The van der Waals surface area contributed by atoms with Gasteiger partial charge in [0.2, 0.25) is 0 Å². The predicted octanol–water partition coefficient (Wildman–Crippen LogP) is 2.90. The zero-order chi connectivity index (χ0) is 17.6. The van der Waals surface area contributed by atoms with Crippen LogP contribution in [0.25, 0.3) is 0 Å². The molecule has 3 rings (SSSR count). The van der Waals surface area contributed by atoms with Gasteiger partial charge in [-0.25, -0.2) is 4.39 Å². The first-order chi connectivity index (χ1) is 12.1. The maximum absolute atomic E-state index is 13.0. The van der Waals surface area contributed by atoms with Crippen molar-refractivity contribution >= 4 is 0 Å². The zero-order valence-electron chi connectivity index (χ0n) is 14.6. The Morgan fingerprint density at radius 3 is 2.60 bits per heavy atom. The fourth-order valence-corrected chi connectivity index (χ4v) is 3.42. The van der Waals surface area contributed by atoms with Crippen molar-refractivity contribution < 1.29 is 9.50 Å². The number of piperidine rings is 1. The highest BCUT2D eigenvalue weighted by Crippen LogP contribution is 2.20. The van der Waals surface area contributed by atoms with Crippen LogP contribution in [0.15, 0.2) is 48.8 Å². The molecule has 1 fully saturated rings. The predicted molar refractivity (Wildman–Crippen MR) is 96.5 cm³/mol. The van der Waals surface area contributed by atoms with E-state index < -0.39 is 6.10 Å². The number of nitrogens with one attached hydrogen (secondary N) is 1. The molecular formula is C20H26FN3O. The maximum Gasteiger partial charge on any atom is 0.123 e. The van der Waals surface area contributed by atoms with Crippen molar-refractivity contribution in [3.8, 4) is 0 Å². The van der Waals surface area contributed by atoms with Crippen molar-refractivity contribution in [3.05, 3.63) is 65.7 Å². The zero-order valence-corrected chi connectivity index (χ0v) is 14.6. The molecule has 0 spiro atoms. The van der Waals surface area contributed by atoms with Gasteiger partial charge in [-0.15, -0.1) is 0 Å². The quantitative estimate of drug-likeness (QED) is 0.847. The van der Waals surface area contributed by atoms with Crippen LogP contribution in [-0.2, 0) is 6.54 Å². The average Bonchev–Trinajstić information content (AvgIpc) is 2.64. The van der Waals surface area contributed by atoms with Crippen LogP contribution in [0, 0.1) is 5.82 Å². The lowest BCUT2D eigenvalue weighted by Gasteiger charge is -2.35. The maximum atomic E-state index is 13.0. The molecule has 0 aliphatic carbocycles. The second-order valence-corrected chi connectivity index (χ2v) is 6.86. The Labute approximate surface area is 148 Å². The number of aliphatic hydroxyl groups excluding tert-OH is 1. The summed E-state index contributed by atoms with van der Waals surface area (Å²) >= 11 is 0. The van der Waals surface area contributed by atoms with E-state index in [2.05, 4.69) is 21.3 Å². The van der Waals surface area contributed by atoms with Gasteiger partial charge in [-0.05, 0) is 62.2 Å². The SMILES string of the molecule is CC(NC1CCN(Cc2cccnc2)CC1)C(O)c1ccc(F)cc1. The summed E-state index contributed by atoms with van der Waals surface area (Å²) in [5.41, 5.74) is 1.99. The molecule has 4 nitrogen and oxygen atoms in total. The molecule has 2 N–H and O–H groups in total. The summed E-state index contributed by atoms with van der Waals surface area (Å²) in [5.74, 6) is -0.280. The summed E-state index contributed by atoms with van der Waals surface area (Å²) in [6.45, 7) is 4.99. The summed E-state index contributed by atoms with van der Waals surface area (Å²) in [7, 11) is 0. The summed E-state index contributed by atoms with van der Waals surface area (Å²) in [4.78, 5) is 6.61. The van der Waals surface area contributed by atoms with Crippen LogP contribution in [-0.4, -0.2) is 40.2 Å². The molecule has 1 aliphatic heterocycles. The number of hydrogen-bond acceptors (Lipinski definition) is 4. The van der Waals surface area contributed by atoms with Crippen LogP contribution in [0.4, 0.5) is 4.39 Å². The molecule has 1 aromatic carbocycles. The first-order valence-corrected chi connectivity index (χ1v) is 8.92. The van der Waals surface area contributed by atoms with Gasteiger partial charge in [0, 0.05) is 31.0 Å². The minimum atomic E-state index is -0.631. The summed E-state index contributed by atoms with van der Waals surface area (Å²) in [5, 5.41) is 14.0. The number of halogens is 1. The minimum absolute atomic E-state index is 0.0691. The van der Waals surface area contributed by atoms with Gasteiger partial charge in [0.15, 0.2) is 0 Å². The highest BCUT2D eigenvalue weighted by atomic mass is 19.1. The molecule has 2 atom stereocenters. The van der Waals surface area contributed by atoms with Gasteiger partial charge < -0.3 is 10.4 Å². The number of aliphatic hydroxyl groups is 1. The molecule has 1 aromatic heterocycles. The Morgan fingerprint density at radius 2 is 1.96 bits per heavy atom. The third kappa shape index (κ3) is 5.08. The van der Waals surface area contributed by atoms with E-state index in [0.717, 1.165) is 38.0 Å². The lowest BCUT2D eigenvalue weighted by Crippen LogP contribution is -2.46. The van der Waals surface area contributed by atoms with Gasteiger partial charge in [-0.3, -0.25) is 9.88 Å². The lowest BCUT2D eigenvalue weighted by atomic mass is 9.99. The number of likely N-dealkylation sites (tertiary alicyclic amines) is 1. The second-order valence-electron chi connectivity index (χ2n) is 6.86. The van der Waals surface area contributed by atoms with Crippen LogP contribution < -0.4 is 5.32 Å². The molecular weight excluding hydrogens is 317 g/mol. The average molecular weight is 343 g/mol. The van der Waals surface area contributed by atoms with E-state index >= 15 is 0 Å². The summed E-state index contributed by atoms with van der Waals surface area (Å²) in [6, 6.07) is 10.5. The number of hydrogen-bond donors (Lipinski definition) is 2. The lowest BCUT2D eigenvalue weighted by molar-refractivity contribution is 0.114. The number of nitrogens with zero attached hydrogens (tertiary/aromatic N) is 2. The fourth-order valence-electron chi connectivity index (χ4n) is 3.42. The Balaban J connectivity index is 1.46. The van der Waals surface area contributed by atoms with Gasteiger partial charge >= 0.3 is 0 Å². The molecule has 2 unspecified atom stereocenters. The van der Waals surface area contributed by atoms with Crippen LogP contribution in [0.3, 0.4) is 0 Å². The Kier molecular flexibility index (Phi) is 6.13. The summed E-state index contributed by atoms with van der Waals surface area (Å²) in [6.07, 6.45) is 5.20. The van der Waals surface area contributed by atoms with Crippen LogP contribution in [0.2, 0.25) is 0 Å². The standard InChI is InChI=1S/C20H26FN3O/c1-15(20(25)17-4-6-18(21)7-5-17)23-19-8-11-24(12-9-19)14-16-3-2-10-22-13-16/h2-7,10,13,15,19-20,23,25H,8-9,11-12,14H2,1H3. The fraction of sp³-hybridized carbons (Fsp3) is 0.450. The number of aromatic nitrogens is 1. The van der Waals surface area contributed by atoms with E-state index in [4.69, 9.17) is 0 Å². The van der Waals surface area contributed by atoms with E-state index in [1.807, 2.05) is 19.2 Å². The largest absolute Gasteiger partial charge is 0.387 e. The molecule has 0 radical (unpaired) electrons.